The molecule has 0 atom stereocenters. The summed E-state index contributed by atoms with van der Waals surface area (Å²) >= 11 is 6.37. The molecule has 0 spiro atoms. The second-order valence-corrected chi connectivity index (χ2v) is 6.06. The molecule has 0 aliphatic heterocycles. The molecule has 1 aromatic heterocycles. The molecule has 2 rings (SSSR count). The monoisotopic (exact) mass is 302 g/mol. The third-order valence-corrected chi connectivity index (χ3v) is 3.85. The average Bonchev–Trinajstić information content (AvgIpc) is 2.47. The van der Waals surface area contributed by atoms with Crippen LogP contribution in [0.15, 0.2) is 36.5 Å². The van der Waals surface area contributed by atoms with Crippen LogP contribution >= 0.6 is 11.6 Å². The van der Waals surface area contributed by atoms with Crippen molar-refractivity contribution in [1.29, 1.82) is 0 Å². The molecule has 3 heteroatoms. The molecule has 1 heterocycles. The van der Waals surface area contributed by atoms with Crippen molar-refractivity contribution < 1.29 is 0 Å². The summed E-state index contributed by atoms with van der Waals surface area (Å²) in [6.07, 6.45) is 3.80. The fourth-order valence-electron chi connectivity index (χ4n) is 2.14. The molecule has 0 saturated carbocycles. The molecular formula is C18H23ClN2. The molecule has 2 nitrogen and oxygen atoms in total. The van der Waals surface area contributed by atoms with E-state index in [1.54, 1.807) is 0 Å². The minimum Gasteiger partial charge on any atom is -0.310 e. The van der Waals surface area contributed by atoms with Crippen molar-refractivity contribution in [3.05, 3.63) is 63.9 Å². The van der Waals surface area contributed by atoms with Crippen LogP contribution in [0.1, 0.15) is 43.2 Å². The van der Waals surface area contributed by atoms with Crippen molar-refractivity contribution >= 4 is 11.6 Å². The smallest absolute Gasteiger partial charge is 0.0453 e. The van der Waals surface area contributed by atoms with Crippen molar-refractivity contribution in [3.63, 3.8) is 0 Å². The maximum absolute atomic E-state index is 6.37. The predicted octanol–water partition coefficient (Wildman–Crippen LogP) is 4.39. The highest BCUT2D eigenvalue weighted by Gasteiger charge is 2.04. The van der Waals surface area contributed by atoms with Crippen LogP contribution in [0, 0.1) is 0 Å². The summed E-state index contributed by atoms with van der Waals surface area (Å²) in [7, 11) is 0. The van der Waals surface area contributed by atoms with Crippen LogP contribution in [-0.4, -0.2) is 11.0 Å². The Morgan fingerprint density at radius 2 is 1.90 bits per heavy atom. The van der Waals surface area contributed by atoms with Crippen molar-refractivity contribution in [3.8, 4) is 0 Å². The number of aromatic nitrogens is 1. The second kappa shape index (κ2) is 7.58. The molecule has 0 bridgehead atoms. The molecule has 0 fully saturated rings. The molecule has 0 aliphatic rings. The highest BCUT2D eigenvalue weighted by Crippen LogP contribution is 2.19. The third-order valence-electron chi connectivity index (χ3n) is 3.50. The van der Waals surface area contributed by atoms with Gasteiger partial charge >= 0.3 is 0 Å². The molecule has 112 valence electrons. The van der Waals surface area contributed by atoms with Crippen LogP contribution < -0.4 is 5.32 Å². The third kappa shape index (κ3) is 4.83. The van der Waals surface area contributed by atoms with Crippen molar-refractivity contribution in [1.82, 2.24) is 10.3 Å². The van der Waals surface area contributed by atoms with Crippen LogP contribution in [0.3, 0.4) is 0 Å². The van der Waals surface area contributed by atoms with E-state index in [4.69, 9.17) is 11.6 Å². The molecule has 0 saturated heterocycles. The number of pyridine rings is 1. The fourth-order valence-corrected chi connectivity index (χ4v) is 2.41. The molecule has 1 aromatic carbocycles. The highest BCUT2D eigenvalue weighted by atomic mass is 35.5. The lowest BCUT2D eigenvalue weighted by atomic mass is 10.1. The number of aryl methyl sites for hydroxylation is 1. The first-order chi connectivity index (χ1) is 10.1. The first kappa shape index (κ1) is 16.0. The average molecular weight is 303 g/mol. The molecule has 0 aliphatic carbocycles. The van der Waals surface area contributed by atoms with Gasteiger partial charge in [0.05, 0.1) is 0 Å². The van der Waals surface area contributed by atoms with Gasteiger partial charge in [-0.3, -0.25) is 4.98 Å². The van der Waals surface area contributed by atoms with Crippen molar-refractivity contribution in [2.75, 3.05) is 0 Å². The van der Waals surface area contributed by atoms with Crippen LogP contribution in [0.2, 0.25) is 5.02 Å². The van der Waals surface area contributed by atoms with Crippen molar-refractivity contribution in [2.45, 2.75) is 46.2 Å². The zero-order valence-electron chi connectivity index (χ0n) is 13.0. The fraction of sp³-hybridized carbons (Fsp3) is 0.389. The topological polar surface area (TPSA) is 24.9 Å². The van der Waals surface area contributed by atoms with Gasteiger partial charge in [0.15, 0.2) is 0 Å². The van der Waals surface area contributed by atoms with Gasteiger partial charge in [0, 0.05) is 35.9 Å². The summed E-state index contributed by atoms with van der Waals surface area (Å²) in [5.74, 6) is 0. The van der Waals surface area contributed by atoms with E-state index in [9.17, 15) is 0 Å². The van der Waals surface area contributed by atoms with Crippen LogP contribution in [0.4, 0.5) is 0 Å². The van der Waals surface area contributed by atoms with E-state index in [0.717, 1.165) is 35.7 Å². The Hall–Kier alpha value is -1.38. The zero-order valence-corrected chi connectivity index (χ0v) is 13.7. The van der Waals surface area contributed by atoms with Gasteiger partial charge < -0.3 is 5.32 Å². The lowest BCUT2D eigenvalue weighted by molar-refractivity contribution is 0.589. The Morgan fingerprint density at radius 1 is 1.14 bits per heavy atom. The highest BCUT2D eigenvalue weighted by molar-refractivity contribution is 6.31. The lowest BCUT2D eigenvalue weighted by Crippen LogP contribution is -2.21. The minimum atomic E-state index is 0.460. The first-order valence-electron chi connectivity index (χ1n) is 7.53. The van der Waals surface area contributed by atoms with Crippen LogP contribution in [0.25, 0.3) is 0 Å². The second-order valence-electron chi connectivity index (χ2n) is 5.65. The van der Waals surface area contributed by atoms with E-state index < -0.39 is 0 Å². The van der Waals surface area contributed by atoms with Gasteiger partial charge in [-0.15, -0.1) is 0 Å². The largest absolute Gasteiger partial charge is 0.310 e. The van der Waals surface area contributed by atoms with Crippen LogP contribution in [-0.2, 0) is 19.4 Å². The summed E-state index contributed by atoms with van der Waals surface area (Å²) < 4.78 is 0. The predicted molar refractivity (Wildman–Crippen MR) is 89.8 cm³/mol. The minimum absolute atomic E-state index is 0.460. The SMILES string of the molecule is CCc1ccc(Cc2ccc(CNC(C)C)c(Cl)c2)nc1. The standard InChI is InChI=1S/C18H23ClN2/c1-4-14-6-8-17(21-11-14)9-15-5-7-16(18(19)10-15)12-20-13(2)3/h5-8,10-11,13,20H,4,9,12H2,1-3H3. The van der Waals surface area contributed by atoms with E-state index in [-0.39, 0.29) is 0 Å². The summed E-state index contributed by atoms with van der Waals surface area (Å²) in [5.41, 5.74) is 4.69. The van der Waals surface area contributed by atoms with Gasteiger partial charge in [-0.1, -0.05) is 50.6 Å². The van der Waals surface area contributed by atoms with E-state index in [1.165, 1.54) is 11.1 Å². The van der Waals surface area contributed by atoms with E-state index >= 15 is 0 Å². The number of halogens is 1. The quantitative estimate of drug-likeness (QED) is 0.856. The number of benzene rings is 1. The van der Waals surface area contributed by atoms with Gasteiger partial charge in [0.1, 0.15) is 0 Å². The maximum Gasteiger partial charge on any atom is 0.0453 e. The molecule has 0 radical (unpaired) electrons. The normalized spacial score (nSPS) is 11.1. The Balaban J connectivity index is 2.05. The molecule has 0 amide bonds. The van der Waals surface area contributed by atoms with E-state index in [0.29, 0.717) is 6.04 Å². The van der Waals surface area contributed by atoms with Gasteiger partial charge in [0.2, 0.25) is 0 Å². The summed E-state index contributed by atoms with van der Waals surface area (Å²) in [4.78, 5) is 4.50. The summed E-state index contributed by atoms with van der Waals surface area (Å²) in [6, 6.07) is 11.0. The molecule has 21 heavy (non-hydrogen) atoms. The van der Waals surface area contributed by atoms with E-state index in [1.807, 2.05) is 12.3 Å². The van der Waals surface area contributed by atoms with Gasteiger partial charge in [-0.05, 0) is 35.2 Å². The van der Waals surface area contributed by atoms with Crippen LogP contribution in [0.5, 0.6) is 0 Å². The maximum atomic E-state index is 6.37. The molecule has 1 N–H and O–H groups in total. The Bertz CT molecular complexity index is 576. The number of hydrogen-bond acceptors (Lipinski definition) is 2. The Morgan fingerprint density at radius 3 is 2.48 bits per heavy atom. The molecule has 2 aromatic rings. The number of rotatable bonds is 6. The van der Waals surface area contributed by atoms with Gasteiger partial charge in [0.25, 0.3) is 0 Å². The van der Waals surface area contributed by atoms with E-state index in [2.05, 4.69) is 55.3 Å². The van der Waals surface area contributed by atoms with Gasteiger partial charge in [-0.25, -0.2) is 0 Å². The summed E-state index contributed by atoms with van der Waals surface area (Å²) in [6.45, 7) is 7.21. The number of hydrogen-bond donors (Lipinski definition) is 1. The summed E-state index contributed by atoms with van der Waals surface area (Å²) in [5, 5.41) is 4.21. The number of nitrogens with one attached hydrogen (secondary N) is 1. The zero-order chi connectivity index (χ0) is 15.2. The Labute approximate surface area is 132 Å². The van der Waals surface area contributed by atoms with Crippen molar-refractivity contribution in [2.24, 2.45) is 0 Å². The molecular weight excluding hydrogens is 280 g/mol. The molecule has 0 unspecified atom stereocenters. The lowest BCUT2D eigenvalue weighted by Gasteiger charge is -2.11. The van der Waals surface area contributed by atoms with Gasteiger partial charge in [-0.2, -0.15) is 0 Å². The first-order valence-corrected chi connectivity index (χ1v) is 7.90. The Kier molecular flexibility index (Phi) is 5.77. The number of nitrogens with zero attached hydrogens (tertiary/aromatic N) is 1.